The number of hydrogen-bond donors (Lipinski definition) is 1. The number of nitro benzene ring substituents is 1. The van der Waals surface area contributed by atoms with Crippen molar-refractivity contribution < 1.29 is 19.3 Å². The number of thiazole rings is 1. The van der Waals surface area contributed by atoms with E-state index in [1.54, 1.807) is 0 Å². The van der Waals surface area contributed by atoms with Crippen molar-refractivity contribution in [2.45, 2.75) is 26.3 Å². The number of nitrogens with one attached hydrogen (secondary N) is 1. The Bertz CT molecular complexity index is 939. The van der Waals surface area contributed by atoms with Gasteiger partial charge in [-0.2, -0.15) is 0 Å². The summed E-state index contributed by atoms with van der Waals surface area (Å²) in [7, 11) is 0. The zero-order valence-corrected chi connectivity index (χ0v) is 15.2. The SMILES string of the molecule is Cc1nc(CNC(=O)CCCN2C(=O)c3cccc([N+](=O)[O-])c3C2=O)cs1. The van der Waals surface area contributed by atoms with Crippen LogP contribution in [0.3, 0.4) is 0 Å². The van der Waals surface area contributed by atoms with Crippen molar-refractivity contribution in [3.05, 3.63) is 55.5 Å². The molecule has 0 spiro atoms. The van der Waals surface area contributed by atoms with Gasteiger partial charge in [0.25, 0.3) is 17.5 Å². The van der Waals surface area contributed by atoms with Gasteiger partial charge in [-0.1, -0.05) is 6.07 Å². The fourth-order valence-corrected chi connectivity index (χ4v) is 3.45. The summed E-state index contributed by atoms with van der Waals surface area (Å²) in [5, 5.41) is 16.6. The zero-order valence-electron chi connectivity index (χ0n) is 14.4. The third-order valence-corrected chi connectivity index (χ3v) is 4.91. The molecule has 2 heterocycles. The van der Waals surface area contributed by atoms with Gasteiger partial charge in [-0.25, -0.2) is 4.98 Å². The monoisotopic (exact) mass is 388 g/mol. The summed E-state index contributed by atoms with van der Waals surface area (Å²) in [5.74, 6) is -1.49. The van der Waals surface area contributed by atoms with Gasteiger partial charge in [0.2, 0.25) is 5.91 Å². The molecule has 0 radical (unpaired) electrons. The molecule has 0 unspecified atom stereocenters. The number of carbonyl (C=O) groups is 3. The van der Waals surface area contributed by atoms with Crippen LogP contribution >= 0.6 is 11.3 Å². The zero-order chi connectivity index (χ0) is 19.6. The van der Waals surface area contributed by atoms with E-state index < -0.39 is 16.7 Å². The van der Waals surface area contributed by atoms with Gasteiger partial charge in [0.15, 0.2) is 0 Å². The summed E-state index contributed by atoms with van der Waals surface area (Å²) >= 11 is 1.50. The molecule has 1 N–H and O–H groups in total. The van der Waals surface area contributed by atoms with Crippen molar-refractivity contribution in [3.8, 4) is 0 Å². The Balaban J connectivity index is 1.55. The Kier molecular flexibility index (Phi) is 5.26. The largest absolute Gasteiger partial charge is 0.350 e. The predicted molar refractivity (Wildman–Crippen MR) is 96.4 cm³/mol. The fraction of sp³-hybridized carbons (Fsp3) is 0.294. The van der Waals surface area contributed by atoms with E-state index in [0.29, 0.717) is 6.54 Å². The second kappa shape index (κ2) is 7.62. The number of nitrogens with zero attached hydrogens (tertiary/aromatic N) is 3. The molecular weight excluding hydrogens is 372 g/mol. The maximum Gasteiger partial charge on any atom is 0.282 e. The van der Waals surface area contributed by atoms with E-state index in [1.807, 2.05) is 12.3 Å². The van der Waals surface area contributed by atoms with Crippen LogP contribution in [0.1, 0.15) is 44.3 Å². The maximum absolute atomic E-state index is 12.4. The minimum Gasteiger partial charge on any atom is -0.350 e. The first-order valence-corrected chi connectivity index (χ1v) is 9.07. The lowest BCUT2D eigenvalue weighted by Gasteiger charge is -2.13. The lowest BCUT2D eigenvalue weighted by molar-refractivity contribution is -0.385. The first kappa shape index (κ1) is 18.6. The minimum absolute atomic E-state index is 0.0206. The molecule has 9 nitrogen and oxygen atoms in total. The van der Waals surface area contributed by atoms with Crippen molar-refractivity contribution in [2.24, 2.45) is 0 Å². The van der Waals surface area contributed by atoms with E-state index in [2.05, 4.69) is 10.3 Å². The van der Waals surface area contributed by atoms with Crippen LogP contribution in [0, 0.1) is 17.0 Å². The third kappa shape index (κ3) is 3.85. The molecule has 10 heteroatoms. The minimum atomic E-state index is -0.694. The molecule has 3 amide bonds. The maximum atomic E-state index is 12.4. The highest BCUT2D eigenvalue weighted by Gasteiger charge is 2.40. The lowest BCUT2D eigenvalue weighted by atomic mass is 10.1. The van der Waals surface area contributed by atoms with Crippen molar-refractivity contribution >= 4 is 34.7 Å². The van der Waals surface area contributed by atoms with Crippen molar-refractivity contribution in [1.82, 2.24) is 15.2 Å². The van der Waals surface area contributed by atoms with Crippen LogP contribution in [-0.4, -0.2) is 39.1 Å². The highest BCUT2D eigenvalue weighted by Crippen LogP contribution is 2.30. The van der Waals surface area contributed by atoms with Gasteiger partial charge in [-0.05, 0) is 19.4 Å². The van der Waals surface area contributed by atoms with Gasteiger partial charge in [-0.3, -0.25) is 29.4 Å². The molecule has 0 saturated carbocycles. The first-order valence-electron chi connectivity index (χ1n) is 8.19. The molecule has 1 aromatic heterocycles. The molecule has 1 aliphatic rings. The highest BCUT2D eigenvalue weighted by molar-refractivity contribution is 7.09. The van der Waals surface area contributed by atoms with Crippen molar-refractivity contribution in [1.29, 1.82) is 0 Å². The van der Waals surface area contributed by atoms with E-state index >= 15 is 0 Å². The Morgan fingerprint density at radius 2 is 2.11 bits per heavy atom. The van der Waals surface area contributed by atoms with Gasteiger partial charge in [0.1, 0.15) is 5.56 Å². The Labute approximate surface area is 158 Å². The summed E-state index contributed by atoms with van der Waals surface area (Å²) in [6.45, 7) is 2.22. The number of aromatic nitrogens is 1. The van der Waals surface area contributed by atoms with Gasteiger partial charge in [0.05, 0.1) is 27.7 Å². The summed E-state index contributed by atoms with van der Waals surface area (Å²) in [5.41, 5.74) is 0.233. The molecular formula is C17H16N4O5S. The molecule has 140 valence electrons. The Morgan fingerprint density at radius 3 is 2.78 bits per heavy atom. The van der Waals surface area contributed by atoms with E-state index in [-0.39, 0.29) is 42.1 Å². The number of hydrogen-bond acceptors (Lipinski definition) is 7. The summed E-state index contributed by atoms with van der Waals surface area (Å²) in [4.78, 5) is 52.3. The van der Waals surface area contributed by atoms with E-state index in [0.717, 1.165) is 15.6 Å². The number of fused-ring (bicyclic) bond motifs is 1. The number of rotatable bonds is 7. The van der Waals surface area contributed by atoms with E-state index in [4.69, 9.17) is 0 Å². The smallest absolute Gasteiger partial charge is 0.282 e. The molecule has 0 aliphatic carbocycles. The molecule has 27 heavy (non-hydrogen) atoms. The summed E-state index contributed by atoms with van der Waals surface area (Å²) < 4.78 is 0. The van der Waals surface area contributed by atoms with Crippen LogP contribution in [0.2, 0.25) is 0 Å². The van der Waals surface area contributed by atoms with Crippen LogP contribution < -0.4 is 5.32 Å². The Hall–Kier alpha value is -3.14. The number of nitro groups is 1. The van der Waals surface area contributed by atoms with Gasteiger partial charge in [0, 0.05) is 24.4 Å². The number of benzene rings is 1. The highest BCUT2D eigenvalue weighted by atomic mass is 32.1. The first-order chi connectivity index (χ1) is 12.9. The van der Waals surface area contributed by atoms with Gasteiger partial charge in [-0.15, -0.1) is 11.3 Å². The number of aryl methyl sites for hydroxylation is 1. The van der Waals surface area contributed by atoms with Crippen LogP contribution in [0.5, 0.6) is 0 Å². The van der Waals surface area contributed by atoms with E-state index in [1.165, 1.54) is 29.5 Å². The standard InChI is InChI=1S/C17H16N4O5S/c1-10-19-11(9-27-10)8-18-14(22)6-3-7-20-16(23)12-4-2-5-13(21(25)26)15(12)17(20)24/h2,4-5,9H,3,6-8H2,1H3,(H,18,22). The lowest BCUT2D eigenvalue weighted by Crippen LogP contribution is -2.32. The topological polar surface area (TPSA) is 123 Å². The number of imide groups is 1. The van der Waals surface area contributed by atoms with Crippen LogP contribution in [-0.2, 0) is 11.3 Å². The second-order valence-electron chi connectivity index (χ2n) is 5.96. The van der Waals surface area contributed by atoms with Crippen LogP contribution in [0.15, 0.2) is 23.6 Å². The molecule has 1 aromatic carbocycles. The molecule has 3 rings (SSSR count). The normalized spacial score (nSPS) is 13.0. The van der Waals surface area contributed by atoms with E-state index in [9.17, 15) is 24.5 Å². The molecule has 2 aromatic rings. The summed E-state index contributed by atoms with van der Waals surface area (Å²) in [6.07, 6.45) is 0.389. The molecule has 0 bridgehead atoms. The molecule has 0 atom stereocenters. The average Bonchev–Trinajstić information content (AvgIpc) is 3.16. The second-order valence-corrected chi connectivity index (χ2v) is 7.02. The molecule has 1 aliphatic heterocycles. The van der Waals surface area contributed by atoms with Crippen LogP contribution in [0.25, 0.3) is 0 Å². The van der Waals surface area contributed by atoms with Gasteiger partial charge >= 0.3 is 0 Å². The van der Waals surface area contributed by atoms with Gasteiger partial charge < -0.3 is 5.32 Å². The van der Waals surface area contributed by atoms with Crippen molar-refractivity contribution in [3.63, 3.8) is 0 Å². The Morgan fingerprint density at radius 1 is 1.33 bits per heavy atom. The number of amides is 3. The van der Waals surface area contributed by atoms with Crippen molar-refractivity contribution in [2.75, 3.05) is 6.54 Å². The molecule has 0 saturated heterocycles. The fourth-order valence-electron chi connectivity index (χ4n) is 2.84. The predicted octanol–water partition coefficient (Wildman–Crippen LogP) is 2.05. The summed E-state index contributed by atoms with van der Waals surface area (Å²) in [6, 6.07) is 3.96. The van der Waals surface area contributed by atoms with Crippen LogP contribution in [0.4, 0.5) is 5.69 Å². The number of carbonyl (C=O) groups excluding carboxylic acids is 3. The quantitative estimate of drug-likeness (QED) is 0.440. The molecule has 0 fully saturated rings. The third-order valence-electron chi connectivity index (χ3n) is 4.09. The average molecular weight is 388 g/mol.